The molecule has 1 fully saturated rings. The number of benzene rings is 2. The van der Waals surface area contributed by atoms with Crippen molar-refractivity contribution in [3.8, 4) is 0 Å². The van der Waals surface area contributed by atoms with Gasteiger partial charge < -0.3 is 9.88 Å². The summed E-state index contributed by atoms with van der Waals surface area (Å²) in [4.78, 5) is 34.3. The first-order chi connectivity index (χ1) is 14.6. The fourth-order valence-corrected chi connectivity index (χ4v) is 4.44. The first kappa shape index (κ1) is 20.3. The van der Waals surface area contributed by atoms with Crippen LogP contribution < -0.4 is 0 Å². The van der Waals surface area contributed by atoms with E-state index in [1.165, 1.54) is 0 Å². The maximum Gasteiger partial charge on any atom is 0.233 e. The molecule has 0 bridgehead atoms. The summed E-state index contributed by atoms with van der Waals surface area (Å²) in [5, 5.41) is 12.5. The summed E-state index contributed by atoms with van der Waals surface area (Å²) in [6.07, 6.45) is 4.59. The lowest BCUT2D eigenvalue weighted by Crippen LogP contribution is -2.40. The third-order valence-electron chi connectivity index (χ3n) is 6.00. The molecule has 158 valence electrons. The number of aromatic amines is 1. The molecule has 0 aliphatic carbocycles. The van der Waals surface area contributed by atoms with E-state index in [1.807, 2.05) is 17.0 Å². The molecule has 7 heteroatoms. The second-order valence-corrected chi connectivity index (χ2v) is 8.09. The molecule has 7 nitrogen and oxygen atoms in total. The van der Waals surface area contributed by atoms with Gasteiger partial charge in [0.1, 0.15) is 5.82 Å². The van der Waals surface area contributed by atoms with Crippen LogP contribution in [-0.4, -0.2) is 50.5 Å². The SMILES string of the molecule is CCCC[C@H](CN(O)C=O)C(=O)N1CCC[C@H]1c1nc2cc3ccccc3cc2[nH]1. The monoisotopic (exact) mass is 408 g/mol. The molecular weight excluding hydrogens is 380 g/mol. The Morgan fingerprint density at radius 1 is 1.37 bits per heavy atom. The van der Waals surface area contributed by atoms with Gasteiger partial charge >= 0.3 is 0 Å². The Hall–Kier alpha value is -2.93. The molecule has 3 aromatic rings. The van der Waals surface area contributed by atoms with Crippen LogP contribution in [0.3, 0.4) is 0 Å². The lowest BCUT2D eigenvalue weighted by molar-refractivity contribution is -0.157. The summed E-state index contributed by atoms with van der Waals surface area (Å²) in [7, 11) is 0. The van der Waals surface area contributed by atoms with Gasteiger partial charge in [-0.1, -0.05) is 44.0 Å². The van der Waals surface area contributed by atoms with Gasteiger partial charge in [-0.15, -0.1) is 0 Å². The van der Waals surface area contributed by atoms with Crippen molar-refractivity contribution in [1.29, 1.82) is 0 Å². The Balaban J connectivity index is 1.60. The number of hydrogen-bond acceptors (Lipinski definition) is 4. The lowest BCUT2D eigenvalue weighted by atomic mass is 9.99. The van der Waals surface area contributed by atoms with Gasteiger partial charge in [0.15, 0.2) is 0 Å². The van der Waals surface area contributed by atoms with Crippen LogP contribution >= 0.6 is 0 Å². The average Bonchev–Trinajstić information content (AvgIpc) is 3.40. The summed E-state index contributed by atoms with van der Waals surface area (Å²) >= 11 is 0. The smallest absolute Gasteiger partial charge is 0.233 e. The number of amides is 2. The number of carbonyl (C=O) groups excluding carboxylic acids is 2. The zero-order chi connectivity index (χ0) is 21.1. The summed E-state index contributed by atoms with van der Waals surface area (Å²) in [6, 6.07) is 12.2. The molecule has 2 N–H and O–H groups in total. The molecule has 4 rings (SSSR count). The Morgan fingerprint density at radius 2 is 2.13 bits per heavy atom. The second-order valence-electron chi connectivity index (χ2n) is 8.09. The summed E-state index contributed by atoms with van der Waals surface area (Å²) in [6.45, 7) is 2.75. The number of aromatic nitrogens is 2. The molecule has 1 aliphatic rings. The molecule has 0 spiro atoms. The second kappa shape index (κ2) is 8.83. The highest BCUT2D eigenvalue weighted by atomic mass is 16.5. The third-order valence-corrected chi connectivity index (χ3v) is 6.00. The van der Waals surface area contributed by atoms with Crippen LogP contribution in [0, 0.1) is 5.92 Å². The zero-order valence-corrected chi connectivity index (χ0v) is 17.3. The van der Waals surface area contributed by atoms with Gasteiger partial charge in [-0.05, 0) is 42.2 Å². The predicted molar refractivity (Wildman–Crippen MR) is 115 cm³/mol. The molecule has 0 radical (unpaired) electrons. The van der Waals surface area contributed by atoms with E-state index in [9.17, 15) is 14.8 Å². The average molecular weight is 409 g/mol. The van der Waals surface area contributed by atoms with Crippen LogP contribution in [0.2, 0.25) is 0 Å². The highest BCUT2D eigenvalue weighted by molar-refractivity contribution is 5.95. The summed E-state index contributed by atoms with van der Waals surface area (Å²) < 4.78 is 0. The van der Waals surface area contributed by atoms with E-state index in [4.69, 9.17) is 4.98 Å². The standard InChI is InChI=1S/C23H28N4O3/c1-2-3-7-18(14-26(30)15-28)23(29)27-11-6-10-21(27)22-24-19-12-16-8-4-5-9-17(16)13-20(19)25-22/h4-5,8-9,12-13,15,18,21,30H,2-3,6-7,10-11,14H2,1H3,(H,24,25)/t18-,21+/m1/s1. The normalized spacial score (nSPS) is 17.5. The van der Waals surface area contributed by atoms with Crippen LogP contribution in [0.5, 0.6) is 0 Å². The van der Waals surface area contributed by atoms with Crippen molar-refractivity contribution in [2.24, 2.45) is 5.92 Å². The molecule has 1 saturated heterocycles. The number of nitrogens with zero attached hydrogens (tertiary/aromatic N) is 3. The number of rotatable bonds is 8. The molecule has 1 aromatic heterocycles. The number of carbonyl (C=O) groups is 2. The van der Waals surface area contributed by atoms with Crippen molar-refractivity contribution in [2.45, 2.75) is 45.1 Å². The molecule has 30 heavy (non-hydrogen) atoms. The van der Waals surface area contributed by atoms with Crippen LogP contribution in [0.15, 0.2) is 36.4 Å². The first-order valence-electron chi connectivity index (χ1n) is 10.7. The Kier molecular flexibility index (Phi) is 5.99. The first-order valence-corrected chi connectivity index (χ1v) is 10.7. The molecule has 0 unspecified atom stereocenters. The zero-order valence-electron chi connectivity index (χ0n) is 17.3. The van der Waals surface area contributed by atoms with E-state index >= 15 is 0 Å². The lowest BCUT2D eigenvalue weighted by Gasteiger charge is -2.29. The quantitative estimate of drug-likeness (QED) is 0.334. The molecular formula is C23H28N4O3. The fourth-order valence-electron chi connectivity index (χ4n) is 4.44. The third kappa shape index (κ3) is 4.03. The molecule has 2 amide bonds. The van der Waals surface area contributed by atoms with E-state index in [0.29, 0.717) is 24.4 Å². The van der Waals surface area contributed by atoms with Gasteiger partial charge in [-0.3, -0.25) is 14.8 Å². The van der Waals surface area contributed by atoms with Crippen molar-refractivity contribution < 1.29 is 14.8 Å². The Morgan fingerprint density at radius 3 is 2.87 bits per heavy atom. The van der Waals surface area contributed by atoms with Gasteiger partial charge in [-0.2, -0.15) is 0 Å². The fraction of sp³-hybridized carbons (Fsp3) is 0.435. The maximum atomic E-state index is 13.3. The number of H-pyrrole nitrogens is 1. The topological polar surface area (TPSA) is 89.5 Å². The van der Waals surface area contributed by atoms with Crippen molar-refractivity contribution in [3.05, 3.63) is 42.2 Å². The Labute approximate surface area is 175 Å². The molecule has 1 aliphatic heterocycles. The Bertz CT molecular complexity index is 995. The summed E-state index contributed by atoms with van der Waals surface area (Å²) in [5.41, 5.74) is 1.86. The van der Waals surface area contributed by atoms with Crippen molar-refractivity contribution >= 4 is 34.1 Å². The van der Waals surface area contributed by atoms with Crippen LogP contribution in [-0.2, 0) is 9.59 Å². The molecule has 2 atom stereocenters. The van der Waals surface area contributed by atoms with Crippen molar-refractivity contribution in [2.75, 3.05) is 13.1 Å². The van der Waals surface area contributed by atoms with Crippen LogP contribution in [0.4, 0.5) is 0 Å². The number of hydroxylamine groups is 2. The van der Waals surface area contributed by atoms with E-state index < -0.39 is 5.92 Å². The molecule has 0 saturated carbocycles. The minimum absolute atomic E-state index is 0.0162. The number of fused-ring (bicyclic) bond motifs is 2. The number of imidazole rings is 1. The van der Waals surface area contributed by atoms with Crippen molar-refractivity contribution in [1.82, 2.24) is 19.9 Å². The van der Waals surface area contributed by atoms with Gasteiger partial charge in [0, 0.05) is 6.54 Å². The van der Waals surface area contributed by atoms with Crippen molar-refractivity contribution in [3.63, 3.8) is 0 Å². The highest BCUT2D eigenvalue weighted by Gasteiger charge is 2.36. The van der Waals surface area contributed by atoms with Crippen LogP contribution in [0.1, 0.15) is 50.9 Å². The summed E-state index contributed by atoms with van der Waals surface area (Å²) in [5.74, 6) is 0.377. The van der Waals surface area contributed by atoms with E-state index in [2.05, 4.69) is 36.2 Å². The van der Waals surface area contributed by atoms with E-state index in [1.54, 1.807) is 0 Å². The predicted octanol–water partition coefficient (Wildman–Crippen LogP) is 4.03. The van der Waals surface area contributed by atoms with Gasteiger partial charge in [0.25, 0.3) is 0 Å². The molecule has 2 heterocycles. The number of nitrogens with one attached hydrogen (secondary N) is 1. The van der Waals surface area contributed by atoms with Gasteiger partial charge in [0.05, 0.1) is 29.5 Å². The van der Waals surface area contributed by atoms with Gasteiger partial charge in [0.2, 0.25) is 12.3 Å². The van der Waals surface area contributed by atoms with E-state index in [-0.39, 0.29) is 18.5 Å². The molecule has 2 aromatic carbocycles. The van der Waals surface area contributed by atoms with Crippen LogP contribution in [0.25, 0.3) is 21.8 Å². The number of hydrogen-bond donors (Lipinski definition) is 2. The minimum atomic E-state index is -0.410. The number of likely N-dealkylation sites (tertiary alicyclic amines) is 1. The largest absolute Gasteiger partial charge is 0.340 e. The highest BCUT2D eigenvalue weighted by Crippen LogP contribution is 2.34. The van der Waals surface area contributed by atoms with Gasteiger partial charge in [-0.25, -0.2) is 10.0 Å². The van der Waals surface area contributed by atoms with E-state index in [0.717, 1.165) is 53.3 Å². The number of unbranched alkanes of at least 4 members (excludes halogenated alkanes) is 1. The maximum absolute atomic E-state index is 13.3. The minimum Gasteiger partial charge on any atom is -0.340 e.